The lowest BCUT2D eigenvalue weighted by atomic mass is 9.65. The number of benzene rings is 3. The zero-order chi connectivity index (χ0) is 27.2. The van der Waals surface area contributed by atoms with E-state index in [1.165, 1.54) is 7.11 Å². The van der Waals surface area contributed by atoms with Gasteiger partial charge in [-0.1, -0.05) is 48.5 Å². The molecule has 5 rings (SSSR count). The summed E-state index contributed by atoms with van der Waals surface area (Å²) in [5.41, 5.74) is -0.934. The number of ether oxygens (including phenoxy) is 2. The number of amides is 4. The third-order valence-corrected chi connectivity index (χ3v) is 6.90. The Balaban J connectivity index is 1.76. The molecule has 38 heavy (non-hydrogen) atoms. The zero-order valence-electron chi connectivity index (χ0n) is 21.6. The first-order chi connectivity index (χ1) is 18.1. The molecule has 194 valence electrons. The van der Waals surface area contributed by atoms with Gasteiger partial charge < -0.3 is 9.47 Å². The van der Waals surface area contributed by atoms with Gasteiger partial charge in [0.2, 0.25) is 11.8 Å². The van der Waals surface area contributed by atoms with Crippen LogP contribution >= 0.6 is 0 Å². The summed E-state index contributed by atoms with van der Waals surface area (Å²) < 4.78 is 11.1. The first-order valence-corrected chi connectivity index (χ1v) is 12.3. The van der Waals surface area contributed by atoms with Gasteiger partial charge in [-0.2, -0.15) is 0 Å². The quantitative estimate of drug-likeness (QED) is 0.465. The standard InChI is InChI=1S/C30H28N2O6/c1-29(2,3)38-28(36)32-24-16-15-21(37-4)17-22(24)30(27(32)35,19-11-7-5-8-12-19)23-18-25(33)31(26(23)34)20-13-9-6-10-14-20/h5-17,23H,18H2,1-4H3/t23-,30-/m0/s1. The minimum Gasteiger partial charge on any atom is -0.497 e. The lowest BCUT2D eigenvalue weighted by molar-refractivity contribution is -0.130. The number of anilines is 2. The van der Waals surface area contributed by atoms with E-state index in [4.69, 9.17) is 9.47 Å². The van der Waals surface area contributed by atoms with Crippen molar-refractivity contribution >= 4 is 35.2 Å². The summed E-state index contributed by atoms with van der Waals surface area (Å²) >= 11 is 0. The van der Waals surface area contributed by atoms with Crippen molar-refractivity contribution in [2.45, 2.75) is 38.2 Å². The van der Waals surface area contributed by atoms with Gasteiger partial charge in [-0.3, -0.25) is 19.3 Å². The van der Waals surface area contributed by atoms with Crippen molar-refractivity contribution in [2.75, 3.05) is 16.9 Å². The van der Waals surface area contributed by atoms with Crippen molar-refractivity contribution < 1.29 is 28.7 Å². The Morgan fingerprint density at radius 1 is 0.921 bits per heavy atom. The number of para-hydroxylation sites is 1. The second kappa shape index (κ2) is 9.13. The highest BCUT2D eigenvalue weighted by Crippen LogP contribution is 2.55. The van der Waals surface area contributed by atoms with E-state index in [1.807, 2.05) is 0 Å². The molecule has 0 unspecified atom stereocenters. The van der Waals surface area contributed by atoms with Gasteiger partial charge in [0.25, 0.3) is 5.91 Å². The molecule has 0 spiro atoms. The number of fused-ring (bicyclic) bond motifs is 1. The fourth-order valence-electron chi connectivity index (χ4n) is 5.38. The van der Waals surface area contributed by atoms with Crippen LogP contribution in [0.3, 0.4) is 0 Å². The summed E-state index contributed by atoms with van der Waals surface area (Å²) in [7, 11) is 1.50. The second-order valence-electron chi connectivity index (χ2n) is 10.3. The third-order valence-electron chi connectivity index (χ3n) is 6.90. The predicted octanol–water partition coefficient (Wildman–Crippen LogP) is 4.84. The Hall–Kier alpha value is -4.46. The number of methoxy groups -OCH3 is 1. The molecular formula is C30H28N2O6. The number of carbonyl (C=O) groups excluding carboxylic acids is 4. The highest BCUT2D eigenvalue weighted by molar-refractivity contribution is 6.28. The molecule has 0 bridgehead atoms. The molecule has 4 amide bonds. The first kappa shape index (κ1) is 25.2. The van der Waals surface area contributed by atoms with Crippen LogP contribution in [0.5, 0.6) is 5.75 Å². The van der Waals surface area contributed by atoms with Crippen molar-refractivity contribution in [3.05, 3.63) is 90.0 Å². The molecule has 8 heteroatoms. The second-order valence-corrected chi connectivity index (χ2v) is 10.3. The lowest BCUT2D eigenvalue weighted by Gasteiger charge is -2.34. The van der Waals surface area contributed by atoms with Gasteiger partial charge in [0.15, 0.2) is 0 Å². The minimum absolute atomic E-state index is 0.215. The molecule has 3 aromatic rings. The summed E-state index contributed by atoms with van der Waals surface area (Å²) in [5.74, 6) is -2.25. The molecule has 2 aliphatic rings. The Bertz CT molecular complexity index is 1430. The highest BCUT2D eigenvalue weighted by Gasteiger charge is 2.64. The van der Waals surface area contributed by atoms with Crippen molar-refractivity contribution in [1.82, 2.24) is 0 Å². The number of hydrogen-bond donors (Lipinski definition) is 0. The molecule has 0 aliphatic carbocycles. The molecule has 1 saturated heterocycles. The van der Waals surface area contributed by atoms with Crippen LogP contribution in [0, 0.1) is 5.92 Å². The van der Waals surface area contributed by atoms with Crippen molar-refractivity contribution in [1.29, 1.82) is 0 Å². The van der Waals surface area contributed by atoms with Crippen molar-refractivity contribution in [3.63, 3.8) is 0 Å². The summed E-state index contributed by atoms with van der Waals surface area (Å²) in [5, 5.41) is 0. The molecule has 0 saturated carbocycles. The fraction of sp³-hybridized carbons (Fsp3) is 0.267. The maximum atomic E-state index is 14.6. The maximum Gasteiger partial charge on any atom is 0.421 e. The Kier molecular flexibility index (Phi) is 6.06. The van der Waals surface area contributed by atoms with Crippen LogP contribution in [0.25, 0.3) is 0 Å². The van der Waals surface area contributed by atoms with Crippen molar-refractivity contribution in [2.24, 2.45) is 5.92 Å². The van der Waals surface area contributed by atoms with Gasteiger partial charge in [-0.05, 0) is 56.7 Å². The predicted molar refractivity (Wildman–Crippen MR) is 141 cm³/mol. The molecule has 2 atom stereocenters. The van der Waals surface area contributed by atoms with Gasteiger partial charge in [0, 0.05) is 12.0 Å². The van der Waals surface area contributed by atoms with E-state index in [1.54, 1.807) is 99.6 Å². The average molecular weight is 513 g/mol. The lowest BCUT2D eigenvalue weighted by Crippen LogP contribution is -2.51. The Morgan fingerprint density at radius 2 is 1.55 bits per heavy atom. The van der Waals surface area contributed by atoms with Gasteiger partial charge in [-0.15, -0.1) is 0 Å². The molecule has 3 aromatic carbocycles. The molecule has 2 heterocycles. The Morgan fingerprint density at radius 3 is 2.16 bits per heavy atom. The van der Waals surface area contributed by atoms with E-state index in [2.05, 4.69) is 0 Å². The summed E-state index contributed by atoms with van der Waals surface area (Å²) in [6, 6.07) is 22.3. The molecule has 1 fully saturated rings. The van der Waals surface area contributed by atoms with Crippen LogP contribution in [0.2, 0.25) is 0 Å². The first-order valence-electron chi connectivity index (χ1n) is 12.3. The van der Waals surface area contributed by atoms with Gasteiger partial charge in [0.05, 0.1) is 24.4 Å². The normalized spacial score (nSPS) is 21.1. The smallest absolute Gasteiger partial charge is 0.421 e. The van der Waals surface area contributed by atoms with Crippen LogP contribution in [-0.2, 0) is 24.5 Å². The van der Waals surface area contributed by atoms with Crippen LogP contribution in [-0.4, -0.2) is 36.5 Å². The summed E-state index contributed by atoms with van der Waals surface area (Å²) in [4.78, 5) is 57.6. The molecule has 0 radical (unpaired) electrons. The Labute approximate surface area is 220 Å². The van der Waals surface area contributed by atoms with E-state index in [9.17, 15) is 19.2 Å². The van der Waals surface area contributed by atoms with E-state index >= 15 is 0 Å². The highest BCUT2D eigenvalue weighted by atomic mass is 16.6. The number of nitrogens with zero attached hydrogens (tertiary/aromatic N) is 2. The summed E-state index contributed by atoms with van der Waals surface area (Å²) in [6.45, 7) is 5.13. The third kappa shape index (κ3) is 3.84. The van der Waals surface area contributed by atoms with E-state index < -0.39 is 40.7 Å². The minimum atomic E-state index is -1.67. The van der Waals surface area contributed by atoms with E-state index in [0.717, 1.165) is 9.80 Å². The van der Waals surface area contributed by atoms with Crippen molar-refractivity contribution in [3.8, 4) is 5.75 Å². The topological polar surface area (TPSA) is 93.2 Å². The SMILES string of the molecule is COc1ccc2c(c1)[C@@](c1ccccc1)([C@H]1CC(=O)N(c3ccccc3)C1=O)C(=O)N2C(=O)OC(C)(C)C. The van der Waals surface area contributed by atoms with Crippen LogP contribution in [0.1, 0.15) is 38.3 Å². The number of imide groups is 2. The monoisotopic (exact) mass is 512 g/mol. The van der Waals surface area contributed by atoms with Gasteiger partial charge >= 0.3 is 6.09 Å². The number of carbonyl (C=O) groups is 4. The van der Waals surface area contributed by atoms with E-state index in [-0.39, 0.29) is 12.1 Å². The average Bonchev–Trinajstić information content (AvgIpc) is 3.33. The summed E-state index contributed by atoms with van der Waals surface area (Å²) in [6.07, 6.45) is -1.07. The van der Waals surface area contributed by atoms with Crippen LogP contribution in [0.4, 0.5) is 16.2 Å². The van der Waals surface area contributed by atoms with E-state index in [0.29, 0.717) is 22.6 Å². The van der Waals surface area contributed by atoms with Gasteiger partial charge in [0.1, 0.15) is 16.8 Å². The molecule has 0 aromatic heterocycles. The van der Waals surface area contributed by atoms with Crippen LogP contribution < -0.4 is 14.5 Å². The van der Waals surface area contributed by atoms with Crippen LogP contribution in [0.15, 0.2) is 78.9 Å². The fourth-order valence-corrected chi connectivity index (χ4v) is 5.38. The van der Waals surface area contributed by atoms with Gasteiger partial charge in [-0.25, -0.2) is 9.69 Å². The maximum absolute atomic E-state index is 14.6. The molecule has 2 aliphatic heterocycles. The number of hydrogen-bond acceptors (Lipinski definition) is 6. The zero-order valence-corrected chi connectivity index (χ0v) is 21.6. The molecule has 8 nitrogen and oxygen atoms in total. The molecular weight excluding hydrogens is 484 g/mol. The number of rotatable bonds is 4. The largest absolute Gasteiger partial charge is 0.497 e. The molecule has 0 N–H and O–H groups in total.